The van der Waals surface area contributed by atoms with Crippen molar-refractivity contribution in [3.63, 3.8) is 0 Å². The molecule has 1 aromatic carbocycles. The summed E-state index contributed by atoms with van der Waals surface area (Å²) in [7, 11) is 0. The summed E-state index contributed by atoms with van der Waals surface area (Å²) in [5, 5.41) is 0. The van der Waals surface area contributed by atoms with E-state index in [9.17, 15) is 4.79 Å². The quantitative estimate of drug-likeness (QED) is 0.898. The molecule has 2 N–H and O–H groups in total. The van der Waals surface area contributed by atoms with E-state index in [1.165, 1.54) is 0 Å². The first-order valence-electron chi connectivity index (χ1n) is 6.69. The van der Waals surface area contributed by atoms with E-state index in [2.05, 4.69) is 9.97 Å². The van der Waals surface area contributed by atoms with Crippen molar-refractivity contribution in [2.24, 2.45) is 0 Å². The van der Waals surface area contributed by atoms with Gasteiger partial charge in [-0.15, -0.1) is 0 Å². The van der Waals surface area contributed by atoms with Gasteiger partial charge in [-0.25, -0.2) is 9.97 Å². The third kappa shape index (κ3) is 1.46. The maximum Gasteiger partial charge on any atom is 0.255 e. The summed E-state index contributed by atoms with van der Waals surface area (Å²) in [6.45, 7) is 0.666. The van der Waals surface area contributed by atoms with Gasteiger partial charge in [0.1, 0.15) is 0 Å². The normalized spacial score (nSPS) is 19.0. The first kappa shape index (κ1) is 11.4. The molecule has 0 saturated heterocycles. The molecular weight excluding hydrogens is 252 g/mol. The van der Waals surface area contributed by atoms with Gasteiger partial charge in [0.2, 0.25) is 5.95 Å². The zero-order valence-corrected chi connectivity index (χ0v) is 10.9. The van der Waals surface area contributed by atoms with E-state index >= 15 is 0 Å². The lowest BCUT2D eigenvalue weighted by atomic mass is 10.1. The van der Waals surface area contributed by atoms with Gasteiger partial charge in [0.05, 0.1) is 5.54 Å². The van der Waals surface area contributed by atoms with Crippen LogP contribution in [-0.2, 0) is 12.1 Å². The average molecular weight is 266 g/mol. The molecule has 0 unspecified atom stereocenters. The molecule has 0 spiro atoms. The molecule has 1 amide bonds. The number of fused-ring (bicyclic) bond motifs is 1. The minimum absolute atomic E-state index is 0.106. The van der Waals surface area contributed by atoms with Crippen LogP contribution in [0.1, 0.15) is 34.3 Å². The number of carbonyl (C=O) groups excluding carboxylic acids is 1. The topological polar surface area (TPSA) is 72.1 Å². The van der Waals surface area contributed by atoms with Crippen LogP contribution in [0, 0.1) is 0 Å². The molecule has 0 atom stereocenters. The molecular formula is C15H14N4O. The molecule has 100 valence electrons. The zero-order chi connectivity index (χ0) is 13.7. The molecule has 5 heteroatoms. The number of nitrogen functional groups attached to an aromatic ring is 1. The number of hydrogen-bond acceptors (Lipinski definition) is 4. The maximum absolute atomic E-state index is 12.6. The summed E-state index contributed by atoms with van der Waals surface area (Å²) in [6.07, 6.45) is 5.40. The molecule has 1 fully saturated rings. The lowest BCUT2D eigenvalue weighted by molar-refractivity contribution is 0.0669. The summed E-state index contributed by atoms with van der Waals surface area (Å²) in [5.74, 6) is 0.371. The monoisotopic (exact) mass is 266 g/mol. The largest absolute Gasteiger partial charge is 0.368 e. The number of aromatic nitrogens is 2. The predicted molar refractivity (Wildman–Crippen MR) is 73.7 cm³/mol. The Bertz CT molecular complexity index is 691. The van der Waals surface area contributed by atoms with Gasteiger partial charge in [-0.05, 0) is 24.5 Å². The predicted octanol–water partition coefficient (Wildman–Crippen LogP) is 1.70. The molecule has 5 nitrogen and oxygen atoms in total. The van der Waals surface area contributed by atoms with Crippen LogP contribution in [0.25, 0.3) is 0 Å². The number of anilines is 1. The molecule has 2 aliphatic rings. The molecule has 2 heterocycles. The summed E-state index contributed by atoms with van der Waals surface area (Å²) in [4.78, 5) is 22.7. The summed E-state index contributed by atoms with van der Waals surface area (Å²) < 4.78 is 0. The van der Waals surface area contributed by atoms with Gasteiger partial charge in [0.15, 0.2) is 0 Å². The van der Waals surface area contributed by atoms with Crippen LogP contribution in [0.5, 0.6) is 0 Å². The second kappa shape index (κ2) is 3.79. The lowest BCUT2D eigenvalue weighted by Crippen LogP contribution is -2.35. The number of nitrogens with two attached hydrogens (primary N) is 1. The van der Waals surface area contributed by atoms with Crippen LogP contribution in [0.3, 0.4) is 0 Å². The van der Waals surface area contributed by atoms with Gasteiger partial charge in [-0.3, -0.25) is 4.79 Å². The van der Waals surface area contributed by atoms with E-state index in [-0.39, 0.29) is 17.4 Å². The van der Waals surface area contributed by atoms with E-state index in [4.69, 9.17) is 5.73 Å². The molecule has 0 bridgehead atoms. The highest BCUT2D eigenvalue weighted by Crippen LogP contribution is 2.53. The number of nitrogens with zero attached hydrogens (tertiary/aromatic N) is 3. The Balaban J connectivity index is 1.73. The fourth-order valence-electron chi connectivity index (χ4n) is 3.01. The highest BCUT2D eigenvalue weighted by molar-refractivity contribution is 5.99. The van der Waals surface area contributed by atoms with Crippen LogP contribution < -0.4 is 5.73 Å². The zero-order valence-electron chi connectivity index (χ0n) is 10.9. The summed E-state index contributed by atoms with van der Waals surface area (Å²) in [5.41, 5.74) is 8.20. The van der Waals surface area contributed by atoms with Crippen LogP contribution in [-0.4, -0.2) is 20.8 Å². The van der Waals surface area contributed by atoms with Gasteiger partial charge >= 0.3 is 0 Å². The Morgan fingerprint density at radius 3 is 2.50 bits per heavy atom. The lowest BCUT2D eigenvalue weighted by Gasteiger charge is -2.27. The maximum atomic E-state index is 12.6. The average Bonchev–Trinajstić information content (AvgIpc) is 3.20. The van der Waals surface area contributed by atoms with Gasteiger partial charge in [0.25, 0.3) is 5.91 Å². The van der Waals surface area contributed by atoms with E-state index in [1.54, 1.807) is 12.4 Å². The SMILES string of the molecule is Nc1ncc(C2(N3Cc4ccccc4C3=O)CC2)cn1. The number of hydrogen-bond donors (Lipinski definition) is 1. The fraction of sp³-hybridized carbons (Fsp3) is 0.267. The van der Waals surface area contributed by atoms with E-state index in [1.807, 2.05) is 29.2 Å². The summed E-state index contributed by atoms with van der Waals surface area (Å²) >= 11 is 0. The molecule has 0 radical (unpaired) electrons. The van der Waals surface area contributed by atoms with E-state index in [0.29, 0.717) is 6.54 Å². The number of carbonyl (C=O) groups is 1. The molecule has 2 aromatic rings. The number of amides is 1. The van der Waals surface area contributed by atoms with Gasteiger partial charge in [-0.1, -0.05) is 18.2 Å². The van der Waals surface area contributed by atoms with Crippen molar-refractivity contribution in [3.05, 3.63) is 53.3 Å². The van der Waals surface area contributed by atoms with Crippen molar-refractivity contribution in [1.82, 2.24) is 14.9 Å². The highest BCUT2D eigenvalue weighted by Gasteiger charge is 2.54. The second-order valence-electron chi connectivity index (χ2n) is 5.41. The van der Waals surface area contributed by atoms with E-state index < -0.39 is 0 Å². The van der Waals surface area contributed by atoms with Crippen molar-refractivity contribution in [2.45, 2.75) is 24.9 Å². The van der Waals surface area contributed by atoms with Crippen molar-refractivity contribution in [3.8, 4) is 0 Å². The Morgan fingerprint density at radius 1 is 1.15 bits per heavy atom. The van der Waals surface area contributed by atoms with Crippen LogP contribution in [0.2, 0.25) is 0 Å². The van der Waals surface area contributed by atoms with Gasteiger partial charge in [-0.2, -0.15) is 0 Å². The minimum atomic E-state index is -0.232. The summed E-state index contributed by atoms with van der Waals surface area (Å²) in [6, 6.07) is 7.80. The fourth-order valence-corrected chi connectivity index (χ4v) is 3.01. The Kier molecular flexibility index (Phi) is 2.16. The standard InChI is InChI=1S/C15H14N4O/c16-14-17-7-11(8-18-14)15(5-6-15)19-9-10-3-1-2-4-12(10)13(19)20/h1-4,7-8H,5-6,9H2,(H2,16,17,18). The molecule has 1 aliphatic heterocycles. The van der Waals surface area contributed by atoms with Crippen molar-refractivity contribution >= 4 is 11.9 Å². The van der Waals surface area contributed by atoms with Gasteiger partial charge in [0, 0.05) is 30.1 Å². The minimum Gasteiger partial charge on any atom is -0.368 e. The molecule has 1 aliphatic carbocycles. The van der Waals surface area contributed by atoms with Crippen molar-refractivity contribution < 1.29 is 4.79 Å². The molecule has 1 saturated carbocycles. The molecule has 1 aromatic heterocycles. The van der Waals surface area contributed by atoms with Crippen LogP contribution in [0.15, 0.2) is 36.7 Å². The number of benzene rings is 1. The third-order valence-electron chi connectivity index (χ3n) is 4.27. The van der Waals surface area contributed by atoms with Gasteiger partial charge < -0.3 is 10.6 Å². The third-order valence-corrected chi connectivity index (χ3v) is 4.27. The number of rotatable bonds is 2. The molecule has 20 heavy (non-hydrogen) atoms. The highest BCUT2D eigenvalue weighted by atomic mass is 16.2. The first-order valence-corrected chi connectivity index (χ1v) is 6.69. The Hall–Kier alpha value is -2.43. The van der Waals surface area contributed by atoms with Crippen LogP contribution >= 0.6 is 0 Å². The van der Waals surface area contributed by atoms with Crippen molar-refractivity contribution in [1.29, 1.82) is 0 Å². The first-order chi connectivity index (χ1) is 9.71. The van der Waals surface area contributed by atoms with E-state index in [0.717, 1.165) is 29.5 Å². The molecule has 4 rings (SSSR count). The second-order valence-corrected chi connectivity index (χ2v) is 5.41. The Morgan fingerprint density at radius 2 is 1.85 bits per heavy atom. The smallest absolute Gasteiger partial charge is 0.255 e. The van der Waals surface area contributed by atoms with Crippen LogP contribution in [0.4, 0.5) is 5.95 Å². The van der Waals surface area contributed by atoms with Crippen molar-refractivity contribution in [2.75, 3.05) is 5.73 Å². The Labute approximate surface area is 116 Å².